The van der Waals surface area contributed by atoms with E-state index in [0.717, 1.165) is 35.0 Å². The zero-order chi connectivity index (χ0) is 14.7. The van der Waals surface area contributed by atoms with Gasteiger partial charge in [0.25, 0.3) is 0 Å². The van der Waals surface area contributed by atoms with Gasteiger partial charge in [-0.2, -0.15) is 0 Å². The summed E-state index contributed by atoms with van der Waals surface area (Å²) in [7, 11) is 0. The third kappa shape index (κ3) is 3.58. The van der Waals surface area contributed by atoms with Gasteiger partial charge in [0.1, 0.15) is 5.82 Å². The Kier molecular flexibility index (Phi) is 5.14. The number of hydrogen-bond acceptors (Lipinski definition) is 4. The molecule has 0 saturated carbocycles. The standard InChI is InChI=1S/C16H25BrN4/c17-14-10-13(11-18)16(19-12-14)21-8-4-15(5-9-21)20-6-2-1-3-7-20/h10,12,15H,1-9,11,18H2. The summed E-state index contributed by atoms with van der Waals surface area (Å²) >= 11 is 3.48. The number of piperidine rings is 2. The number of rotatable bonds is 3. The van der Waals surface area contributed by atoms with Crippen molar-refractivity contribution in [2.24, 2.45) is 5.73 Å². The van der Waals surface area contributed by atoms with Gasteiger partial charge in [0, 0.05) is 41.9 Å². The minimum Gasteiger partial charge on any atom is -0.356 e. The van der Waals surface area contributed by atoms with Gasteiger partial charge < -0.3 is 15.5 Å². The highest BCUT2D eigenvalue weighted by Crippen LogP contribution is 2.27. The van der Waals surface area contributed by atoms with Gasteiger partial charge in [-0.05, 0) is 60.8 Å². The third-order valence-corrected chi connectivity index (χ3v) is 5.23. The summed E-state index contributed by atoms with van der Waals surface area (Å²) in [5.74, 6) is 1.08. The normalized spacial score (nSPS) is 21.7. The maximum absolute atomic E-state index is 5.87. The van der Waals surface area contributed by atoms with Gasteiger partial charge in [0.05, 0.1) is 0 Å². The second-order valence-corrected chi connectivity index (χ2v) is 7.07. The summed E-state index contributed by atoms with van der Waals surface area (Å²) in [6.45, 7) is 5.35. The summed E-state index contributed by atoms with van der Waals surface area (Å²) in [6, 6.07) is 2.87. The van der Waals surface area contributed by atoms with Crippen LogP contribution in [0.5, 0.6) is 0 Å². The van der Waals surface area contributed by atoms with Crippen LogP contribution >= 0.6 is 15.9 Å². The zero-order valence-electron chi connectivity index (χ0n) is 12.6. The van der Waals surface area contributed by atoms with Crippen LogP contribution in [0.3, 0.4) is 0 Å². The van der Waals surface area contributed by atoms with Crippen molar-refractivity contribution in [2.75, 3.05) is 31.1 Å². The molecule has 0 bridgehead atoms. The molecule has 0 radical (unpaired) electrons. The molecule has 2 aliphatic rings. The number of hydrogen-bond donors (Lipinski definition) is 1. The molecule has 21 heavy (non-hydrogen) atoms. The molecule has 116 valence electrons. The Morgan fingerprint density at radius 1 is 1.14 bits per heavy atom. The fourth-order valence-corrected chi connectivity index (χ4v) is 4.01. The maximum Gasteiger partial charge on any atom is 0.133 e. The highest BCUT2D eigenvalue weighted by Gasteiger charge is 2.26. The second-order valence-electron chi connectivity index (χ2n) is 6.16. The predicted molar refractivity (Wildman–Crippen MR) is 90.5 cm³/mol. The van der Waals surface area contributed by atoms with Crippen LogP contribution in [0.1, 0.15) is 37.7 Å². The molecular formula is C16H25BrN4. The molecule has 0 aliphatic carbocycles. The van der Waals surface area contributed by atoms with Crippen molar-refractivity contribution in [1.29, 1.82) is 0 Å². The quantitative estimate of drug-likeness (QED) is 0.908. The minimum absolute atomic E-state index is 0.549. The molecule has 0 atom stereocenters. The fourth-order valence-electron chi connectivity index (χ4n) is 3.64. The first-order valence-electron chi connectivity index (χ1n) is 8.11. The number of likely N-dealkylation sites (tertiary alicyclic amines) is 1. The number of nitrogens with two attached hydrogens (primary N) is 1. The van der Waals surface area contributed by atoms with E-state index in [9.17, 15) is 0 Å². The zero-order valence-corrected chi connectivity index (χ0v) is 14.2. The van der Waals surface area contributed by atoms with Gasteiger partial charge >= 0.3 is 0 Å². The van der Waals surface area contributed by atoms with Gasteiger partial charge in [-0.25, -0.2) is 4.98 Å². The Labute approximate surface area is 135 Å². The van der Waals surface area contributed by atoms with Crippen LogP contribution in [-0.4, -0.2) is 42.1 Å². The van der Waals surface area contributed by atoms with Crippen LogP contribution in [0.25, 0.3) is 0 Å². The Morgan fingerprint density at radius 2 is 1.86 bits per heavy atom. The number of nitrogens with zero attached hydrogens (tertiary/aromatic N) is 3. The van der Waals surface area contributed by atoms with Gasteiger partial charge in [0.2, 0.25) is 0 Å². The highest BCUT2D eigenvalue weighted by atomic mass is 79.9. The number of halogens is 1. The Balaban J connectivity index is 1.62. The lowest BCUT2D eigenvalue weighted by molar-refractivity contribution is 0.141. The molecule has 5 heteroatoms. The van der Waals surface area contributed by atoms with Crippen molar-refractivity contribution in [3.05, 3.63) is 22.3 Å². The van der Waals surface area contributed by atoms with E-state index in [4.69, 9.17) is 5.73 Å². The summed E-state index contributed by atoms with van der Waals surface area (Å²) in [6.07, 6.45) is 8.56. The van der Waals surface area contributed by atoms with Crippen molar-refractivity contribution < 1.29 is 0 Å². The van der Waals surface area contributed by atoms with Crippen LogP contribution < -0.4 is 10.6 Å². The van der Waals surface area contributed by atoms with E-state index in [0.29, 0.717) is 6.54 Å². The average molecular weight is 353 g/mol. The van der Waals surface area contributed by atoms with Gasteiger partial charge in [-0.3, -0.25) is 0 Å². The van der Waals surface area contributed by atoms with Crippen molar-refractivity contribution in [3.8, 4) is 0 Å². The lowest BCUT2D eigenvalue weighted by atomic mass is 9.99. The van der Waals surface area contributed by atoms with Crippen molar-refractivity contribution in [3.63, 3.8) is 0 Å². The lowest BCUT2D eigenvalue weighted by Gasteiger charge is -2.41. The van der Waals surface area contributed by atoms with Crippen LogP contribution in [0.15, 0.2) is 16.7 Å². The molecule has 2 saturated heterocycles. The molecule has 0 unspecified atom stereocenters. The van der Waals surface area contributed by atoms with Crippen LogP contribution in [0.4, 0.5) is 5.82 Å². The molecule has 1 aromatic heterocycles. The smallest absolute Gasteiger partial charge is 0.133 e. The van der Waals surface area contributed by atoms with Crippen molar-refractivity contribution >= 4 is 21.7 Å². The van der Waals surface area contributed by atoms with E-state index in [1.165, 1.54) is 45.2 Å². The molecule has 2 fully saturated rings. The molecular weight excluding hydrogens is 328 g/mol. The van der Waals surface area contributed by atoms with E-state index in [2.05, 4.69) is 36.8 Å². The lowest BCUT2D eigenvalue weighted by Crippen LogP contribution is -2.47. The van der Waals surface area contributed by atoms with Gasteiger partial charge in [-0.1, -0.05) is 6.42 Å². The van der Waals surface area contributed by atoms with Gasteiger partial charge in [-0.15, -0.1) is 0 Å². The monoisotopic (exact) mass is 352 g/mol. The number of pyridine rings is 1. The summed E-state index contributed by atoms with van der Waals surface area (Å²) < 4.78 is 1.01. The Bertz CT molecular complexity index is 465. The molecule has 1 aromatic rings. The molecule has 0 spiro atoms. The SMILES string of the molecule is NCc1cc(Br)cnc1N1CCC(N2CCCCC2)CC1. The molecule has 4 nitrogen and oxygen atoms in total. The predicted octanol–water partition coefficient (Wildman–Crippen LogP) is 2.76. The summed E-state index contributed by atoms with van der Waals surface area (Å²) in [4.78, 5) is 9.72. The summed E-state index contributed by atoms with van der Waals surface area (Å²) in [5.41, 5.74) is 7.01. The first-order valence-corrected chi connectivity index (χ1v) is 8.90. The number of aromatic nitrogens is 1. The molecule has 2 aliphatic heterocycles. The Morgan fingerprint density at radius 3 is 2.52 bits per heavy atom. The topological polar surface area (TPSA) is 45.4 Å². The van der Waals surface area contributed by atoms with Crippen LogP contribution in [0, 0.1) is 0 Å². The Hall–Kier alpha value is -0.650. The molecule has 0 aromatic carbocycles. The molecule has 0 amide bonds. The first-order chi connectivity index (χ1) is 10.3. The van der Waals surface area contributed by atoms with E-state index in [1.54, 1.807) is 0 Å². The van der Waals surface area contributed by atoms with Crippen LogP contribution in [0.2, 0.25) is 0 Å². The maximum atomic E-state index is 5.87. The average Bonchev–Trinajstić information content (AvgIpc) is 2.56. The minimum atomic E-state index is 0.549. The van der Waals surface area contributed by atoms with E-state index in [1.807, 2.05) is 6.20 Å². The van der Waals surface area contributed by atoms with Crippen molar-refractivity contribution in [2.45, 2.75) is 44.7 Å². The van der Waals surface area contributed by atoms with Gasteiger partial charge in [0.15, 0.2) is 0 Å². The molecule has 3 heterocycles. The summed E-state index contributed by atoms with van der Waals surface area (Å²) in [5, 5.41) is 0. The largest absolute Gasteiger partial charge is 0.356 e. The van der Waals surface area contributed by atoms with E-state index in [-0.39, 0.29) is 0 Å². The highest BCUT2D eigenvalue weighted by molar-refractivity contribution is 9.10. The third-order valence-electron chi connectivity index (χ3n) is 4.80. The second kappa shape index (κ2) is 7.07. The van der Waals surface area contributed by atoms with E-state index >= 15 is 0 Å². The molecule has 2 N–H and O–H groups in total. The number of anilines is 1. The first kappa shape index (κ1) is 15.3. The van der Waals surface area contributed by atoms with Crippen molar-refractivity contribution in [1.82, 2.24) is 9.88 Å². The fraction of sp³-hybridized carbons (Fsp3) is 0.688. The van der Waals surface area contributed by atoms with E-state index < -0.39 is 0 Å². The van der Waals surface area contributed by atoms with Crippen LogP contribution in [-0.2, 0) is 6.54 Å². The molecule has 3 rings (SSSR count).